The van der Waals surface area contributed by atoms with Gasteiger partial charge in [-0.2, -0.15) is 11.8 Å². The lowest BCUT2D eigenvalue weighted by Gasteiger charge is -2.30. The third-order valence-electron chi connectivity index (χ3n) is 4.00. The van der Waals surface area contributed by atoms with E-state index in [1.807, 2.05) is 11.2 Å². The minimum atomic E-state index is -0.482. The fourth-order valence-corrected chi connectivity index (χ4v) is 3.40. The highest BCUT2D eigenvalue weighted by atomic mass is 35.5. The zero-order valence-electron chi connectivity index (χ0n) is 13.4. The Hall–Kier alpha value is -1.20. The number of benzene rings is 1. The second-order valence-corrected chi connectivity index (χ2v) is 7.07. The molecule has 2 amide bonds. The predicted molar refractivity (Wildman–Crippen MR) is 96.1 cm³/mol. The fourth-order valence-electron chi connectivity index (χ4n) is 2.71. The molecule has 1 saturated heterocycles. The van der Waals surface area contributed by atoms with Gasteiger partial charge in [0.05, 0.1) is 10.6 Å². The Bertz CT molecular complexity index is 547. The molecule has 0 aliphatic carbocycles. The van der Waals surface area contributed by atoms with Crippen molar-refractivity contribution in [1.29, 1.82) is 0 Å². The molecule has 1 aliphatic rings. The van der Waals surface area contributed by atoms with Gasteiger partial charge in [0, 0.05) is 13.1 Å². The van der Waals surface area contributed by atoms with Gasteiger partial charge in [-0.25, -0.2) is 0 Å². The molecule has 6 heteroatoms. The lowest BCUT2D eigenvalue weighted by Crippen LogP contribution is -2.50. The first-order valence-corrected chi connectivity index (χ1v) is 9.73. The Balaban J connectivity index is 2.06. The van der Waals surface area contributed by atoms with Gasteiger partial charge >= 0.3 is 0 Å². The Morgan fingerprint density at radius 2 is 1.96 bits per heavy atom. The number of thioether (sulfide) groups is 1. The van der Waals surface area contributed by atoms with Gasteiger partial charge in [-0.1, -0.05) is 23.7 Å². The smallest absolute Gasteiger partial charge is 0.253 e. The van der Waals surface area contributed by atoms with Gasteiger partial charge in [0.2, 0.25) is 5.91 Å². The summed E-state index contributed by atoms with van der Waals surface area (Å²) in [6.45, 7) is 1.58. The van der Waals surface area contributed by atoms with Crippen LogP contribution in [0, 0.1) is 0 Å². The Morgan fingerprint density at radius 1 is 1.26 bits per heavy atom. The van der Waals surface area contributed by atoms with Crippen molar-refractivity contribution < 1.29 is 9.59 Å². The summed E-state index contributed by atoms with van der Waals surface area (Å²) in [6, 6.07) is 6.42. The van der Waals surface area contributed by atoms with Crippen LogP contribution in [0.2, 0.25) is 5.02 Å². The summed E-state index contributed by atoms with van der Waals surface area (Å²) in [5, 5.41) is 3.28. The molecule has 1 aromatic rings. The van der Waals surface area contributed by atoms with E-state index >= 15 is 0 Å². The highest BCUT2D eigenvalue weighted by Gasteiger charge is 2.27. The second-order valence-electron chi connectivity index (χ2n) is 5.67. The Morgan fingerprint density at radius 3 is 2.61 bits per heavy atom. The minimum Gasteiger partial charge on any atom is -0.341 e. The van der Waals surface area contributed by atoms with E-state index in [0.717, 1.165) is 31.7 Å². The number of hydrogen-bond donors (Lipinski definition) is 1. The van der Waals surface area contributed by atoms with E-state index in [1.165, 1.54) is 6.42 Å². The number of carbonyl (C=O) groups excluding carboxylic acids is 2. The summed E-state index contributed by atoms with van der Waals surface area (Å²) in [6.07, 6.45) is 5.88. The summed E-state index contributed by atoms with van der Waals surface area (Å²) in [5.41, 5.74) is 0.412. The maximum absolute atomic E-state index is 12.7. The monoisotopic (exact) mass is 354 g/mol. The van der Waals surface area contributed by atoms with E-state index in [-0.39, 0.29) is 11.8 Å². The average Bonchev–Trinajstić information content (AvgIpc) is 2.59. The zero-order chi connectivity index (χ0) is 16.7. The third-order valence-corrected chi connectivity index (χ3v) is 4.97. The van der Waals surface area contributed by atoms with E-state index in [1.54, 1.807) is 36.0 Å². The van der Waals surface area contributed by atoms with Crippen LogP contribution in [-0.2, 0) is 4.79 Å². The molecule has 0 bridgehead atoms. The maximum Gasteiger partial charge on any atom is 0.253 e. The lowest BCUT2D eigenvalue weighted by atomic mass is 10.1. The summed E-state index contributed by atoms with van der Waals surface area (Å²) in [7, 11) is 0. The molecule has 0 aromatic heterocycles. The number of nitrogens with zero attached hydrogens (tertiary/aromatic N) is 1. The molecule has 1 aliphatic heterocycles. The molecule has 126 valence electrons. The SMILES string of the molecule is CSCC[C@@H](NC(=O)c1ccccc1Cl)C(=O)N1CCCCC1. The Labute approximate surface area is 146 Å². The largest absolute Gasteiger partial charge is 0.341 e. The van der Waals surface area contributed by atoms with Crippen molar-refractivity contribution in [2.24, 2.45) is 0 Å². The van der Waals surface area contributed by atoms with Crippen LogP contribution in [0.4, 0.5) is 0 Å². The highest BCUT2D eigenvalue weighted by molar-refractivity contribution is 7.98. The predicted octanol–water partition coefficient (Wildman–Crippen LogP) is 3.20. The van der Waals surface area contributed by atoms with Crippen LogP contribution in [0.3, 0.4) is 0 Å². The van der Waals surface area contributed by atoms with Crippen LogP contribution in [0.1, 0.15) is 36.0 Å². The van der Waals surface area contributed by atoms with E-state index in [0.29, 0.717) is 17.0 Å². The van der Waals surface area contributed by atoms with Gasteiger partial charge in [0.25, 0.3) is 5.91 Å². The van der Waals surface area contributed by atoms with Gasteiger partial charge in [0.15, 0.2) is 0 Å². The van der Waals surface area contributed by atoms with E-state index in [2.05, 4.69) is 5.32 Å². The Kier molecular flexibility index (Phi) is 7.24. The number of nitrogens with one attached hydrogen (secondary N) is 1. The normalized spacial score (nSPS) is 16.0. The first kappa shape index (κ1) is 18.1. The number of piperidine rings is 1. The number of carbonyl (C=O) groups is 2. The molecule has 1 fully saturated rings. The highest BCUT2D eigenvalue weighted by Crippen LogP contribution is 2.16. The molecule has 0 saturated carbocycles. The quantitative estimate of drug-likeness (QED) is 0.853. The van der Waals surface area contributed by atoms with Crippen molar-refractivity contribution in [2.75, 3.05) is 25.1 Å². The van der Waals surface area contributed by atoms with E-state index in [4.69, 9.17) is 11.6 Å². The van der Waals surface area contributed by atoms with Crippen LogP contribution in [0.5, 0.6) is 0 Å². The molecular weight excluding hydrogens is 332 g/mol. The number of hydrogen-bond acceptors (Lipinski definition) is 3. The molecule has 4 nitrogen and oxygen atoms in total. The molecule has 0 radical (unpaired) electrons. The zero-order valence-corrected chi connectivity index (χ0v) is 15.0. The standard InChI is InChI=1S/C17H23ClN2O2S/c1-23-12-9-15(17(22)20-10-5-2-6-11-20)19-16(21)13-7-3-4-8-14(13)18/h3-4,7-8,15H,2,5-6,9-12H2,1H3,(H,19,21)/t15-/m1/s1. The minimum absolute atomic E-state index is 0.0270. The summed E-state index contributed by atoms with van der Waals surface area (Å²) in [5.74, 6) is 0.568. The van der Waals surface area contributed by atoms with Gasteiger partial charge in [-0.15, -0.1) is 0 Å². The number of rotatable bonds is 6. The number of halogens is 1. The van der Waals surface area contributed by atoms with Crippen LogP contribution < -0.4 is 5.32 Å². The molecule has 1 N–H and O–H groups in total. The third kappa shape index (κ3) is 5.15. The molecule has 1 atom stereocenters. The molecule has 2 rings (SSSR count). The lowest BCUT2D eigenvalue weighted by molar-refractivity contribution is -0.134. The molecule has 0 spiro atoms. The van der Waals surface area contributed by atoms with Crippen molar-refractivity contribution in [2.45, 2.75) is 31.7 Å². The molecule has 0 unspecified atom stereocenters. The van der Waals surface area contributed by atoms with Crippen LogP contribution in [0.25, 0.3) is 0 Å². The van der Waals surface area contributed by atoms with Gasteiger partial charge < -0.3 is 10.2 Å². The van der Waals surface area contributed by atoms with Crippen LogP contribution in [-0.4, -0.2) is 47.9 Å². The van der Waals surface area contributed by atoms with Crippen molar-refractivity contribution in [1.82, 2.24) is 10.2 Å². The molecule has 1 heterocycles. The molecular formula is C17H23ClN2O2S. The number of amides is 2. The maximum atomic E-state index is 12.7. The average molecular weight is 355 g/mol. The summed E-state index contributed by atoms with van der Waals surface area (Å²) < 4.78 is 0. The van der Waals surface area contributed by atoms with E-state index < -0.39 is 6.04 Å². The van der Waals surface area contributed by atoms with Crippen molar-refractivity contribution in [3.8, 4) is 0 Å². The first-order valence-electron chi connectivity index (χ1n) is 7.96. The summed E-state index contributed by atoms with van der Waals surface area (Å²) >= 11 is 7.75. The summed E-state index contributed by atoms with van der Waals surface area (Å²) in [4.78, 5) is 27.1. The van der Waals surface area contributed by atoms with Gasteiger partial charge in [0.1, 0.15) is 6.04 Å². The van der Waals surface area contributed by atoms with Crippen molar-refractivity contribution in [3.63, 3.8) is 0 Å². The van der Waals surface area contributed by atoms with Crippen molar-refractivity contribution >= 4 is 35.2 Å². The molecule has 23 heavy (non-hydrogen) atoms. The van der Waals surface area contributed by atoms with Gasteiger partial charge in [-0.05, 0) is 49.8 Å². The second kappa shape index (κ2) is 9.18. The van der Waals surface area contributed by atoms with Crippen LogP contribution >= 0.6 is 23.4 Å². The number of likely N-dealkylation sites (tertiary alicyclic amines) is 1. The van der Waals surface area contributed by atoms with E-state index in [9.17, 15) is 9.59 Å². The molecule has 1 aromatic carbocycles. The van der Waals surface area contributed by atoms with Crippen molar-refractivity contribution in [3.05, 3.63) is 34.9 Å². The topological polar surface area (TPSA) is 49.4 Å². The van der Waals surface area contributed by atoms with Crippen LogP contribution in [0.15, 0.2) is 24.3 Å². The van der Waals surface area contributed by atoms with Gasteiger partial charge in [-0.3, -0.25) is 9.59 Å². The first-order chi connectivity index (χ1) is 11.1. The fraction of sp³-hybridized carbons (Fsp3) is 0.529.